The SMILES string of the molecule is CCc1ccccc1.Cc1ccc(Cl)cc1. The Morgan fingerprint density at radius 3 is 1.81 bits per heavy atom. The minimum absolute atomic E-state index is 0.801. The number of halogens is 1. The first kappa shape index (κ1) is 12.8. The van der Waals surface area contributed by atoms with Crippen LogP contribution >= 0.6 is 11.6 Å². The van der Waals surface area contributed by atoms with Gasteiger partial charge in [0.2, 0.25) is 0 Å². The maximum atomic E-state index is 5.61. The van der Waals surface area contributed by atoms with E-state index in [4.69, 9.17) is 11.6 Å². The Labute approximate surface area is 103 Å². The molecule has 1 heteroatoms. The molecule has 16 heavy (non-hydrogen) atoms. The summed E-state index contributed by atoms with van der Waals surface area (Å²) >= 11 is 5.61. The molecule has 0 amide bonds. The zero-order chi connectivity index (χ0) is 11.8. The minimum atomic E-state index is 0.801. The van der Waals surface area contributed by atoms with Crippen LogP contribution in [0.5, 0.6) is 0 Å². The fourth-order valence-corrected chi connectivity index (χ4v) is 1.37. The van der Waals surface area contributed by atoms with Crippen molar-refractivity contribution in [1.29, 1.82) is 0 Å². The zero-order valence-corrected chi connectivity index (χ0v) is 10.5. The van der Waals surface area contributed by atoms with Crippen molar-refractivity contribution in [3.05, 3.63) is 70.7 Å². The highest BCUT2D eigenvalue weighted by Crippen LogP contribution is 2.07. The molecule has 0 spiro atoms. The second-order valence-electron chi connectivity index (χ2n) is 3.63. The maximum Gasteiger partial charge on any atom is 0.0406 e. The van der Waals surface area contributed by atoms with Gasteiger partial charge in [0.15, 0.2) is 0 Å². The molecular weight excluding hydrogens is 216 g/mol. The van der Waals surface area contributed by atoms with Crippen LogP contribution < -0.4 is 0 Å². The standard InChI is InChI=1S/C8H10.C7H7Cl/c1-2-8-6-4-3-5-7-8;1-6-2-4-7(8)5-3-6/h3-7H,2H2,1H3;2-5H,1H3. The van der Waals surface area contributed by atoms with E-state index in [-0.39, 0.29) is 0 Å². The van der Waals surface area contributed by atoms with Gasteiger partial charge in [-0.15, -0.1) is 0 Å². The Balaban J connectivity index is 0.000000160. The van der Waals surface area contributed by atoms with Gasteiger partial charge in [0.1, 0.15) is 0 Å². The van der Waals surface area contributed by atoms with E-state index < -0.39 is 0 Å². The molecule has 0 radical (unpaired) electrons. The molecule has 84 valence electrons. The van der Waals surface area contributed by atoms with Crippen LogP contribution in [-0.4, -0.2) is 0 Å². The molecule has 0 saturated heterocycles. The molecule has 0 aliphatic carbocycles. The van der Waals surface area contributed by atoms with Gasteiger partial charge >= 0.3 is 0 Å². The number of aryl methyl sites for hydroxylation is 2. The highest BCUT2D eigenvalue weighted by molar-refractivity contribution is 6.30. The predicted octanol–water partition coefficient (Wildman–Crippen LogP) is 4.90. The normalized spacial score (nSPS) is 9.19. The van der Waals surface area contributed by atoms with E-state index in [0.717, 1.165) is 11.4 Å². The minimum Gasteiger partial charge on any atom is -0.0843 e. The maximum absolute atomic E-state index is 5.61. The molecule has 2 aromatic carbocycles. The van der Waals surface area contributed by atoms with Crippen LogP contribution in [0.1, 0.15) is 18.1 Å². The zero-order valence-electron chi connectivity index (χ0n) is 9.78. The lowest BCUT2D eigenvalue weighted by Crippen LogP contribution is -1.73. The first-order valence-corrected chi connectivity index (χ1v) is 5.86. The van der Waals surface area contributed by atoms with Crippen molar-refractivity contribution in [2.45, 2.75) is 20.3 Å². The fourth-order valence-electron chi connectivity index (χ4n) is 1.25. The molecule has 0 N–H and O–H groups in total. The van der Waals surface area contributed by atoms with E-state index in [1.165, 1.54) is 11.1 Å². The summed E-state index contributed by atoms with van der Waals surface area (Å²) in [6, 6.07) is 18.2. The van der Waals surface area contributed by atoms with Crippen LogP contribution in [0.3, 0.4) is 0 Å². The summed E-state index contributed by atoms with van der Waals surface area (Å²) in [7, 11) is 0. The van der Waals surface area contributed by atoms with E-state index >= 15 is 0 Å². The number of benzene rings is 2. The quantitative estimate of drug-likeness (QED) is 0.656. The van der Waals surface area contributed by atoms with Crippen molar-refractivity contribution in [3.8, 4) is 0 Å². The van der Waals surface area contributed by atoms with Crippen LogP contribution in [0.4, 0.5) is 0 Å². The Hall–Kier alpha value is -1.27. The van der Waals surface area contributed by atoms with E-state index in [1.54, 1.807) is 0 Å². The lowest BCUT2D eigenvalue weighted by Gasteiger charge is -1.89. The van der Waals surface area contributed by atoms with E-state index in [9.17, 15) is 0 Å². The average Bonchev–Trinajstić information content (AvgIpc) is 2.35. The van der Waals surface area contributed by atoms with E-state index in [0.29, 0.717) is 0 Å². The topological polar surface area (TPSA) is 0 Å². The first-order chi connectivity index (χ1) is 7.72. The van der Waals surface area contributed by atoms with Crippen molar-refractivity contribution >= 4 is 11.6 Å². The lowest BCUT2D eigenvalue weighted by atomic mass is 10.2. The number of hydrogen-bond acceptors (Lipinski definition) is 0. The summed E-state index contributed by atoms with van der Waals surface area (Å²) in [6.07, 6.45) is 1.14. The molecule has 0 bridgehead atoms. The smallest absolute Gasteiger partial charge is 0.0406 e. The molecule has 0 aliphatic rings. The van der Waals surface area contributed by atoms with Crippen molar-refractivity contribution in [2.75, 3.05) is 0 Å². The van der Waals surface area contributed by atoms with Crippen LogP contribution in [0.25, 0.3) is 0 Å². The lowest BCUT2D eigenvalue weighted by molar-refractivity contribution is 1.14. The number of rotatable bonds is 1. The molecule has 0 unspecified atom stereocenters. The average molecular weight is 233 g/mol. The van der Waals surface area contributed by atoms with E-state index in [1.807, 2.05) is 37.3 Å². The number of hydrogen-bond donors (Lipinski definition) is 0. The van der Waals surface area contributed by atoms with Gasteiger partial charge in [-0.3, -0.25) is 0 Å². The molecule has 0 fully saturated rings. The highest BCUT2D eigenvalue weighted by Gasteiger charge is 1.82. The largest absolute Gasteiger partial charge is 0.0843 e. The molecule has 0 saturated carbocycles. The summed E-state index contributed by atoms with van der Waals surface area (Å²) in [5.41, 5.74) is 2.65. The second kappa shape index (κ2) is 7.08. The van der Waals surface area contributed by atoms with Gasteiger partial charge in [0.05, 0.1) is 0 Å². The molecule has 2 aromatic rings. The van der Waals surface area contributed by atoms with Gasteiger partial charge in [0.25, 0.3) is 0 Å². The molecule has 0 atom stereocenters. The van der Waals surface area contributed by atoms with Crippen LogP contribution in [0.2, 0.25) is 5.02 Å². The Bertz CT molecular complexity index is 369. The van der Waals surface area contributed by atoms with Gasteiger partial charge in [-0.2, -0.15) is 0 Å². The van der Waals surface area contributed by atoms with Crippen molar-refractivity contribution in [1.82, 2.24) is 0 Å². The van der Waals surface area contributed by atoms with Crippen LogP contribution in [0, 0.1) is 6.92 Å². The van der Waals surface area contributed by atoms with Crippen molar-refractivity contribution in [3.63, 3.8) is 0 Å². The molecule has 0 heterocycles. The summed E-state index contributed by atoms with van der Waals surface area (Å²) in [5, 5.41) is 0.801. The Kier molecular flexibility index (Phi) is 5.66. The Morgan fingerprint density at radius 2 is 1.44 bits per heavy atom. The molecule has 0 nitrogen and oxygen atoms in total. The predicted molar refractivity (Wildman–Crippen MR) is 72.0 cm³/mol. The molecule has 0 aromatic heterocycles. The van der Waals surface area contributed by atoms with Crippen LogP contribution in [0.15, 0.2) is 54.6 Å². The third-order valence-electron chi connectivity index (χ3n) is 2.26. The summed E-state index contributed by atoms with van der Waals surface area (Å²) in [4.78, 5) is 0. The second-order valence-corrected chi connectivity index (χ2v) is 4.07. The summed E-state index contributed by atoms with van der Waals surface area (Å²) < 4.78 is 0. The molecular formula is C15H17Cl. The van der Waals surface area contributed by atoms with Gasteiger partial charge in [0, 0.05) is 5.02 Å². The highest BCUT2D eigenvalue weighted by atomic mass is 35.5. The van der Waals surface area contributed by atoms with E-state index in [2.05, 4.69) is 31.2 Å². The van der Waals surface area contributed by atoms with Crippen molar-refractivity contribution in [2.24, 2.45) is 0 Å². The Morgan fingerprint density at radius 1 is 0.875 bits per heavy atom. The van der Waals surface area contributed by atoms with Gasteiger partial charge < -0.3 is 0 Å². The first-order valence-electron chi connectivity index (χ1n) is 5.48. The summed E-state index contributed by atoms with van der Waals surface area (Å²) in [6.45, 7) is 4.20. The third kappa shape index (κ3) is 4.99. The van der Waals surface area contributed by atoms with Gasteiger partial charge in [-0.05, 0) is 31.0 Å². The van der Waals surface area contributed by atoms with Crippen LogP contribution in [-0.2, 0) is 6.42 Å². The van der Waals surface area contributed by atoms with Crippen molar-refractivity contribution < 1.29 is 0 Å². The van der Waals surface area contributed by atoms with Gasteiger partial charge in [-0.25, -0.2) is 0 Å². The fraction of sp³-hybridized carbons (Fsp3) is 0.200. The molecule has 0 aliphatic heterocycles. The van der Waals surface area contributed by atoms with Gasteiger partial charge in [-0.1, -0.05) is 66.6 Å². The monoisotopic (exact) mass is 232 g/mol. The molecule has 2 rings (SSSR count). The summed E-state index contributed by atoms with van der Waals surface area (Å²) in [5.74, 6) is 0. The third-order valence-corrected chi connectivity index (χ3v) is 2.51.